The van der Waals surface area contributed by atoms with E-state index in [9.17, 15) is 24.3 Å². The summed E-state index contributed by atoms with van der Waals surface area (Å²) < 4.78 is 5.25. The Morgan fingerprint density at radius 2 is 1.66 bits per heavy atom. The van der Waals surface area contributed by atoms with Gasteiger partial charge in [-0.3, -0.25) is 14.4 Å². The fraction of sp³-hybridized carbons (Fsp3) is 0.600. The number of aromatic hydroxyl groups is 1. The van der Waals surface area contributed by atoms with Crippen molar-refractivity contribution >= 4 is 23.8 Å². The van der Waals surface area contributed by atoms with E-state index in [4.69, 9.17) is 10.5 Å². The maximum atomic E-state index is 13.7. The number of nitrogens with zero attached hydrogens (tertiary/aromatic N) is 1. The molecule has 0 aliphatic heterocycles. The molecule has 0 aliphatic carbocycles. The number of alkyl carbamates (subject to hydrolysis) is 1. The van der Waals surface area contributed by atoms with Crippen LogP contribution in [0, 0.1) is 0 Å². The van der Waals surface area contributed by atoms with Gasteiger partial charge in [0, 0.05) is 13.1 Å². The zero-order valence-electron chi connectivity index (χ0n) is 21.4. The summed E-state index contributed by atoms with van der Waals surface area (Å²) >= 11 is 0. The Morgan fingerprint density at radius 1 is 1.06 bits per heavy atom. The number of unbranched alkanes of at least 4 members (excludes halogenated alkanes) is 2. The number of ether oxygens (including phenoxy) is 1. The van der Waals surface area contributed by atoms with Crippen LogP contribution in [0.4, 0.5) is 4.79 Å². The maximum Gasteiger partial charge on any atom is 0.408 e. The van der Waals surface area contributed by atoms with Crippen LogP contribution in [-0.4, -0.2) is 58.6 Å². The molecule has 1 rings (SSSR count). The van der Waals surface area contributed by atoms with Crippen LogP contribution in [0.3, 0.4) is 0 Å². The molecule has 0 aromatic heterocycles. The van der Waals surface area contributed by atoms with Gasteiger partial charge in [-0.05, 0) is 51.3 Å². The molecule has 0 aliphatic rings. The van der Waals surface area contributed by atoms with E-state index in [1.807, 2.05) is 13.8 Å². The fourth-order valence-electron chi connectivity index (χ4n) is 3.36. The van der Waals surface area contributed by atoms with Crippen LogP contribution in [0.1, 0.15) is 78.3 Å². The molecule has 0 heterocycles. The number of nitrogens with two attached hydrogens (primary N) is 1. The van der Waals surface area contributed by atoms with Gasteiger partial charge in [-0.2, -0.15) is 0 Å². The highest BCUT2D eigenvalue weighted by molar-refractivity contribution is 5.94. The van der Waals surface area contributed by atoms with Gasteiger partial charge in [0.2, 0.25) is 17.7 Å². The van der Waals surface area contributed by atoms with Gasteiger partial charge < -0.3 is 31.1 Å². The molecule has 10 heteroatoms. The number of hydrogen-bond acceptors (Lipinski definition) is 6. The summed E-state index contributed by atoms with van der Waals surface area (Å²) in [5, 5.41) is 15.0. The predicted molar refractivity (Wildman–Crippen MR) is 132 cm³/mol. The van der Waals surface area contributed by atoms with Crippen molar-refractivity contribution in [1.82, 2.24) is 15.5 Å². The summed E-state index contributed by atoms with van der Waals surface area (Å²) in [5.74, 6) is -1.80. The van der Waals surface area contributed by atoms with Crippen LogP contribution >= 0.6 is 0 Å². The second-order valence-corrected chi connectivity index (χ2v) is 9.39. The van der Waals surface area contributed by atoms with E-state index >= 15 is 0 Å². The maximum absolute atomic E-state index is 13.7. The molecule has 1 aromatic rings. The zero-order chi connectivity index (χ0) is 26.6. The molecule has 2 atom stereocenters. The van der Waals surface area contributed by atoms with Gasteiger partial charge in [-0.1, -0.05) is 38.8 Å². The largest absolute Gasteiger partial charge is 0.508 e. The standard InChI is InChI=1S/C25H40N4O6/c1-6-8-14-27-22(32)21(17-10-12-18(30)13-11-17)29(15-9-7-2)23(33)19(16-20(26)31)28-24(34)35-25(3,4)5/h10-13,19,21,30H,6-9,14-16H2,1-5H3,(H2,26,31)(H,27,32)(H,28,34). The minimum absolute atomic E-state index is 0.0172. The number of amides is 4. The summed E-state index contributed by atoms with van der Waals surface area (Å²) in [6, 6.07) is 3.64. The molecule has 5 N–H and O–H groups in total. The van der Waals surface area contributed by atoms with Crippen LogP contribution in [0.2, 0.25) is 0 Å². The minimum atomic E-state index is -1.32. The third-order valence-electron chi connectivity index (χ3n) is 5.03. The molecule has 2 unspecified atom stereocenters. The summed E-state index contributed by atoms with van der Waals surface area (Å²) in [6.45, 7) is 9.59. The number of phenols is 1. The molecule has 4 amide bonds. The fourth-order valence-corrected chi connectivity index (χ4v) is 3.36. The molecule has 10 nitrogen and oxygen atoms in total. The van der Waals surface area contributed by atoms with Gasteiger partial charge in [0.15, 0.2) is 0 Å². The molecule has 35 heavy (non-hydrogen) atoms. The van der Waals surface area contributed by atoms with Gasteiger partial charge in [-0.25, -0.2) is 4.79 Å². The normalized spacial score (nSPS) is 12.8. The molecule has 0 saturated heterocycles. The molecule has 196 valence electrons. The Labute approximate surface area is 207 Å². The summed E-state index contributed by atoms with van der Waals surface area (Å²) in [4.78, 5) is 52.5. The molecule has 1 aromatic carbocycles. The van der Waals surface area contributed by atoms with Crippen LogP contribution in [0.25, 0.3) is 0 Å². The van der Waals surface area contributed by atoms with E-state index in [0.717, 1.165) is 19.3 Å². The lowest BCUT2D eigenvalue weighted by Crippen LogP contribution is -2.54. The quantitative estimate of drug-likeness (QED) is 0.311. The van der Waals surface area contributed by atoms with E-state index in [1.165, 1.54) is 17.0 Å². The number of carbonyl (C=O) groups is 4. The summed E-state index contributed by atoms with van der Waals surface area (Å²) in [5.41, 5.74) is 5.03. The number of primary amides is 1. The van der Waals surface area contributed by atoms with E-state index in [1.54, 1.807) is 32.9 Å². The van der Waals surface area contributed by atoms with Crippen molar-refractivity contribution in [2.45, 2.75) is 84.4 Å². The monoisotopic (exact) mass is 492 g/mol. The Bertz CT molecular complexity index is 851. The topological polar surface area (TPSA) is 151 Å². The molecule has 0 saturated carbocycles. The van der Waals surface area contributed by atoms with Crippen LogP contribution in [0.5, 0.6) is 5.75 Å². The van der Waals surface area contributed by atoms with Crippen molar-refractivity contribution < 1.29 is 29.0 Å². The Kier molecular flexibility index (Phi) is 12.0. The molecular weight excluding hydrogens is 452 g/mol. The third kappa shape index (κ3) is 10.7. The van der Waals surface area contributed by atoms with Crippen LogP contribution in [-0.2, 0) is 19.1 Å². The highest BCUT2D eigenvalue weighted by atomic mass is 16.6. The number of benzene rings is 1. The van der Waals surface area contributed by atoms with Crippen molar-refractivity contribution in [2.24, 2.45) is 5.73 Å². The van der Waals surface area contributed by atoms with Crippen molar-refractivity contribution in [2.75, 3.05) is 13.1 Å². The molecule has 0 radical (unpaired) electrons. The van der Waals surface area contributed by atoms with E-state index in [0.29, 0.717) is 18.5 Å². The van der Waals surface area contributed by atoms with Gasteiger partial charge in [-0.15, -0.1) is 0 Å². The Hall–Kier alpha value is -3.30. The lowest BCUT2D eigenvalue weighted by molar-refractivity contribution is -0.143. The van der Waals surface area contributed by atoms with E-state index in [-0.39, 0.29) is 12.3 Å². The van der Waals surface area contributed by atoms with E-state index in [2.05, 4.69) is 10.6 Å². The second kappa shape index (κ2) is 14.2. The zero-order valence-corrected chi connectivity index (χ0v) is 21.4. The van der Waals surface area contributed by atoms with Gasteiger partial charge >= 0.3 is 6.09 Å². The van der Waals surface area contributed by atoms with Gasteiger partial charge in [0.05, 0.1) is 6.42 Å². The van der Waals surface area contributed by atoms with E-state index < -0.39 is 47.9 Å². The predicted octanol–water partition coefficient (Wildman–Crippen LogP) is 2.75. The number of phenolic OH excluding ortho intramolecular Hbond substituents is 1. The van der Waals surface area contributed by atoms with Gasteiger partial charge in [0.25, 0.3) is 0 Å². The number of nitrogens with one attached hydrogen (secondary N) is 2. The average molecular weight is 493 g/mol. The molecule has 0 fully saturated rings. The average Bonchev–Trinajstić information content (AvgIpc) is 2.75. The highest BCUT2D eigenvalue weighted by Gasteiger charge is 2.36. The number of rotatable bonds is 13. The van der Waals surface area contributed by atoms with Crippen molar-refractivity contribution in [3.05, 3.63) is 29.8 Å². The first-order valence-corrected chi connectivity index (χ1v) is 12.0. The lowest BCUT2D eigenvalue weighted by Gasteiger charge is -2.34. The van der Waals surface area contributed by atoms with Crippen molar-refractivity contribution in [3.8, 4) is 5.75 Å². The Balaban J connectivity index is 3.40. The first-order valence-electron chi connectivity index (χ1n) is 12.0. The summed E-state index contributed by atoms with van der Waals surface area (Å²) in [7, 11) is 0. The molecule has 0 bridgehead atoms. The minimum Gasteiger partial charge on any atom is -0.508 e. The van der Waals surface area contributed by atoms with Crippen LogP contribution in [0.15, 0.2) is 24.3 Å². The molecule has 0 spiro atoms. The SMILES string of the molecule is CCCCNC(=O)C(c1ccc(O)cc1)N(CCCC)C(=O)C(CC(N)=O)NC(=O)OC(C)(C)C. The lowest BCUT2D eigenvalue weighted by atomic mass is 10.0. The first-order chi connectivity index (χ1) is 16.4. The van der Waals surface area contributed by atoms with Crippen LogP contribution < -0.4 is 16.4 Å². The first kappa shape index (κ1) is 29.7. The van der Waals surface area contributed by atoms with Gasteiger partial charge in [0.1, 0.15) is 23.4 Å². The smallest absolute Gasteiger partial charge is 0.408 e. The van der Waals surface area contributed by atoms with Crippen molar-refractivity contribution in [1.29, 1.82) is 0 Å². The summed E-state index contributed by atoms with van der Waals surface area (Å²) in [6.07, 6.45) is 1.63. The third-order valence-corrected chi connectivity index (χ3v) is 5.03. The second-order valence-electron chi connectivity index (χ2n) is 9.39. The number of hydrogen-bond donors (Lipinski definition) is 4. The molecular formula is C25H40N4O6. The Morgan fingerprint density at radius 3 is 2.17 bits per heavy atom. The highest BCUT2D eigenvalue weighted by Crippen LogP contribution is 2.25. The number of carbonyl (C=O) groups excluding carboxylic acids is 4. The van der Waals surface area contributed by atoms with Crippen molar-refractivity contribution in [3.63, 3.8) is 0 Å².